The van der Waals surface area contributed by atoms with Gasteiger partial charge in [0.15, 0.2) is 0 Å². The maximum absolute atomic E-state index is 12.3. The van der Waals surface area contributed by atoms with Crippen LogP contribution in [0.1, 0.15) is 17.5 Å². The van der Waals surface area contributed by atoms with Crippen LogP contribution < -0.4 is 10.6 Å². The van der Waals surface area contributed by atoms with Gasteiger partial charge >= 0.3 is 0 Å². The first-order valence-electron chi connectivity index (χ1n) is 9.04. The lowest BCUT2D eigenvalue weighted by Crippen LogP contribution is -2.34. The second kappa shape index (κ2) is 8.31. The van der Waals surface area contributed by atoms with E-state index < -0.39 is 5.25 Å². The summed E-state index contributed by atoms with van der Waals surface area (Å²) in [7, 11) is 0. The zero-order valence-electron chi connectivity index (χ0n) is 15.2. The van der Waals surface area contributed by atoms with Crippen molar-refractivity contribution in [3.63, 3.8) is 0 Å². The summed E-state index contributed by atoms with van der Waals surface area (Å²) in [5, 5.41) is 5.37. The summed E-state index contributed by atoms with van der Waals surface area (Å²) in [6.45, 7) is 1.21. The summed E-state index contributed by atoms with van der Waals surface area (Å²) in [5.74, 6) is -0.253. The standard InChI is InChI=1S/C21H20N4O2S/c26-20(11-19-21(27)24-17-3-1-2-4-18(17)28-19)23-12-15-5-7-16(8-6-15)13-25-10-9-22-14-25/h1-10,14,19H,11-13H2,(H,23,26)(H,24,27)/t19-/m1/s1. The van der Waals surface area contributed by atoms with Gasteiger partial charge in [0.25, 0.3) is 0 Å². The lowest BCUT2D eigenvalue weighted by atomic mass is 10.1. The minimum Gasteiger partial charge on any atom is -0.352 e. The summed E-state index contributed by atoms with van der Waals surface area (Å²) in [6.07, 6.45) is 5.62. The van der Waals surface area contributed by atoms with Crippen molar-refractivity contribution in [1.29, 1.82) is 0 Å². The molecule has 1 aromatic heterocycles. The highest BCUT2D eigenvalue weighted by Crippen LogP contribution is 2.36. The van der Waals surface area contributed by atoms with E-state index in [9.17, 15) is 9.59 Å². The Morgan fingerprint density at radius 1 is 1.14 bits per heavy atom. The Kier molecular flexibility index (Phi) is 5.43. The van der Waals surface area contributed by atoms with Crippen molar-refractivity contribution in [3.8, 4) is 0 Å². The first kappa shape index (κ1) is 18.3. The normalized spacial score (nSPS) is 15.6. The number of nitrogens with one attached hydrogen (secondary N) is 2. The Bertz CT molecular complexity index is 970. The van der Waals surface area contributed by atoms with Crippen LogP contribution in [-0.4, -0.2) is 26.6 Å². The van der Waals surface area contributed by atoms with Gasteiger partial charge in [-0.3, -0.25) is 9.59 Å². The van der Waals surface area contributed by atoms with Gasteiger partial charge in [-0.05, 0) is 23.3 Å². The van der Waals surface area contributed by atoms with Gasteiger partial charge in [-0.15, -0.1) is 11.8 Å². The number of imidazole rings is 1. The van der Waals surface area contributed by atoms with Crippen LogP contribution in [0.3, 0.4) is 0 Å². The monoisotopic (exact) mass is 392 g/mol. The molecule has 2 aromatic carbocycles. The third-order valence-corrected chi connectivity index (χ3v) is 5.79. The number of carbonyl (C=O) groups is 2. The van der Waals surface area contributed by atoms with Gasteiger partial charge in [0.05, 0.1) is 17.3 Å². The molecule has 6 nitrogen and oxygen atoms in total. The average molecular weight is 392 g/mol. The molecule has 7 heteroatoms. The predicted octanol–water partition coefficient (Wildman–Crippen LogP) is 3.05. The quantitative estimate of drug-likeness (QED) is 0.676. The van der Waals surface area contributed by atoms with Crippen LogP contribution >= 0.6 is 11.8 Å². The second-order valence-electron chi connectivity index (χ2n) is 6.62. The van der Waals surface area contributed by atoms with Crippen LogP contribution in [-0.2, 0) is 22.7 Å². The van der Waals surface area contributed by atoms with E-state index in [2.05, 4.69) is 15.6 Å². The Morgan fingerprint density at radius 2 is 1.93 bits per heavy atom. The van der Waals surface area contributed by atoms with E-state index in [1.54, 1.807) is 12.5 Å². The molecule has 0 saturated carbocycles. The number of hydrogen-bond donors (Lipinski definition) is 2. The average Bonchev–Trinajstić information content (AvgIpc) is 3.21. The van der Waals surface area contributed by atoms with Gasteiger partial charge in [0.2, 0.25) is 11.8 Å². The fourth-order valence-electron chi connectivity index (χ4n) is 3.02. The molecule has 1 atom stereocenters. The molecule has 0 bridgehead atoms. The van der Waals surface area contributed by atoms with Crippen LogP contribution in [0.5, 0.6) is 0 Å². The number of para-hydroxylation sites is 1. The number of nitrogens with zero attached hydrogens (tertiary/aromatic N) is 2. The second-order valence-corrected chi connectivity index (χ2v) is 7.87. The van der Waals surface area contributed by atoms with Gasteiger partial charge in [0.1, 0.15) is 0 Å². The fourth-order valence-corrected chi connectivity index (χ4v) is 4.13. The van der Waals surface area contributed by atoms with E-state index >= 15 is 0 Å². The number of carbonyl (C=O) groups excluding carboxylic acids is 2. The zero-order valence-corrected chi connectivity index (χ0v) is 16.0. The van der Waals surface area contributed by atoms with Crippen molar-refractivity contribution < 1.29 is 9.59 Å². The minimum atomic E-state index is -0.410. The largest absolute Gasteiger partial charge is 0.352 e. The van der Waals surface area contributed by atoms with Crippen molar-refractivity contribution in [2.45, 2.75) is 29.7 Å². The Morgan fingerprint density at radius 3 is 2.71 bits per heavy atom. The molecule has 0 unspecified atom stereocenters. The molecular weight excluding hydrogens is 372 g/mol. The minimum absolute atomic E-state index is 0.122. The molecule has 2 heterocycles. The summed E-state index contributed by atoms with van der Waals surface area (Å²) >= 11 is 1.44. The first-order valence-corrected chi connectivity index (χ1v) is 9.92. The molecule has 1 aliphatic rings. The van der Waals surface area contributed by atoms with E-state index in [4.69, 9.17) is 0 Å². The fraction of sp³-hybridized carbons (Fsp3) is 0.190. The van der Waals surface area contributed by atoms with Crippen LogP contribution in [0.4, 0.5) is 5.69 Å². The van der Waals surface area contributed by atoms with Crippen LogP contribution in [0.25, 0.3) is 0 Å². The van der Waals surface area contributed by atoms with Gasteiger partial charge in [-0.2, -0.15) is 0 Å². The van der Waals surface area contributed by atoms with Crippen molar-refractivity contribution in [3.05, 3.63) is 78.4 Å². The van der Waals surface area contributed by atoms with Gasteiger partial charge in [0, 0.05) is 36.8 Å². The molecule has 2 N–H and O–H groups in total. The van der Waals surface area contributed by atoms with E-state index in [1.807, 2.05) is 59.3 Å². The lowest BCUT2D eigenvalue weighted by Gasteiger charge is -2.23. The third kappa shape index (κ3) is 4.43. The van der Waals surface area contributed by atoms with Crippen molar-refractivity contribution in [1.82, 2.24) is 14.9 Å². The van der Waals surface area contributed by atoms with Crippen molar-refractivity contribution >= 4 is 29.3 Å². The Labute approximate surface area is 167 Å². The molecule has 0 spiro atoms. The number of fused-ring (bicyclic) bond motifs is 1. The first-order chi connectivity index (χ1) is 13.7. The van der Waals surface area contributed by atoms with Crippen molar-refractivity contribution in [2.75, 3.05) is 5.32 Å². The third-order valence-electron chi connectivity index (χ3n) is 4.51. The highest BCUT2D eigenvalue weighted by molar-refractivity contribution is 8.01. The maximum Gasteiger partial charge on any atom is 0.238 e. The van der Waals surface area contributed by atoms with E-state index in [0.29, 0.717) is 6.54 Å². The van der Waals surface area contributed by atoms with Crippen LogP contribution in [0.15, 0.2) is 72.1 Å². The summed E-state index contributed by atoms with van der Waals surface area (Å²) in [4.78, 5) is 29.6. The highest BCUT2D eigenvalue weighted by Gasteiger charge is 2.28. The highest BCUT2D eigenvalue weighted by atomic mass is 32.2. The topological polar surface area (TPSA) is 76.0 Å². The molecule has 0 fully saturated rings. The van der Waals surface area contributed by atoms with Crippen LogP contribution in [0.2, 0.25) is 0 Å². The molecule has 3 aromatic rings. The molecular formula is C21H20N4O2S. The van der Waals surface area contributed by atoms with Crippen LogP contribution in [0, 0.1) is 0 Å². The molecule has 0 aliphatic carbocycles. The molecule has 0 saturated heterocycles. The Balaban J connectivity index is 1.28. The van der Waals surface area contributed by atoms with Gasteiger partial charge < -0.3 is 15.2 Å². The van der Waals surface area contributed by atoms with Gasteiger partial charge in [-0.1, -0.05) is 36.4 Å². The molecule has 4 rings (SSSR count). The zero-order chi connectivity index (χ0) is 19.3. The molecule has 2 amide bonds. The Hall–Kier alpha value is -3.06. The smallest absolute Gasteiger partial charge is 0.238 e. The summed E-state index contributed by atoms with van der Waals surface area (Å²) < 4.78 is 2.00. The SMILES string of the molecule is O=C(C[C@H]1Sc2ccccc2NC1=O)NCc1ccc(Cn2ccnc2)cc1. The molecule has 28 heavy (non-hydrogen) atoms. The van der Waals surface area contributed by atoms with E-state index in [0.717, 1.165) is 22.7 Å². The number of anilines is 1. The maximum atomic E-state index is 12.3. The number of thioether (sulfide) groups is 1. The van der Waals surface area contributed by atoms with E-state index in [-0.39, 0.29) is 18.2 Å². The van der Waals surface area contributed by atoms with E-state index in [1.165, 1.54) is 17.3 Å². The van der Waals surface area contributed by atoms with Gasteiger partial charge in [-0.25, -0.2) is 4.98 Å². The van der Waals surface area contributed by atoms with Crippen molar-refractivity contribution in [2.24, 2.45) is 0 Å². The summed E-state index contributed by atoms with van der Waals surface area (Å²) in [6, 6.07) is 15.7. The lowest BCUT2D eigenvalue weighted by molar-refractivity contribution is -0.124. The molecule has 0 radical (unpaired) electrons. The molecule has 1 aliphatic heterocycles. The number of amides is 2. The summed E-state index contributed by atoms with van der Waals surface area (Å²) in [5.41, 5.74) is 3.00. The number of rotatable bonds is 6. The predicted molar refractivity (Wildman–Crippen MR) is 109 cm³/mol. The number of aromatic nitrogens is 2. The number of hydrogen-bond acceptors (Lipinski definition) is 4. The molecule has 142 valence electrons. The number of benzene rings is 2.